The maximum Gasteiger partial charge on any atom is 0.333 e. The smallest absolute Gasteiger partial charge is 0.333 e. The van der Waals surface area contributed by atoms with Crippen LogP contribution in [0.15, 0.2) is 23.0 Å². The fraction of sp³-hybridized carbons (Fsp3) is 0.429. The first-order valence-corrected chi connectivity index (χ1v) is 6.71. The van der Waals surface area contributed by atoms with Crippen LogP contribution in [-0.2, 0) is 0 Å². The molecule has 5 nitrogen and oxygen atoms in total. The van der Waals surface area contributed by atoms with Crippen LogP contribution in [0, 0.1) is 5.92 Å². The lowest BCUT2D eigenvalue weighted by atomic mass is 9.88. The normalized spacial score (nSPS) is 16.8. The molecule has 2 aromatic rings. The highest BCUT2D eigenvalue weighted by molar-refractivity contribution is 5.92. The van der Waals surface area contributed by atoms with Gasteiger partial charge in [-0.25, -0.2) is 9.36 Å². The molecule has 0 saturated heterocycles. The largest absolute Gasteiger partial charge is 0.399 e. The van der Waals surface area contributed by atoms with Crippen LogP contribution in [0.1, 0.15) is 36.9 Å². The van der Waals surface area contributed by atoms with Crippen molar-refractivity contribution >= 4 is 22.6 Å². The lowest BCUT2D eigenvalue weighted by molar-refractivity contribution is 0.0803. The average molecular weight is 259 g/mol. The van der Waals surface area contributed by atoms with Crippen LogP contribution in [0.25, 0.3) is 11.0 Å². The van der Waals surface area contributed by atoms with E-state index in [2.05, 4.69) is 4.98 Å². The number of anilines is 1. The minimum Gasteiger partial charge on any atom is -0.399 e. The van der Waals surface area contributed by atoms with E-state index in [1.54, 1.807) is 18.2 Å². The predicted molar refractivity (Wildman–Crippen MR) is 74.2 cm³/mol. The average Bonchev–Trinajstić information content (AvgIpc) is 2.74. The molecule has 1 aliphatic carbocycles. The van der Waals surface area contributed by atoms with E-state index < -0.39 is 0 Å². The molecular formula is C14H17N3O2. The van der Waals surface area contributed by atoms with E-state index in [1.165, 1.54) is 11.0 Å². The van der Waals surface area contributed by atoms with Gasteiger partial charge in [-0.15, -0.1) is 0 Å². The van der Waals surface area contributed by atoms with Gasteiger partial charge in [0.1, 0.15) is 0 Å². The van der Waals surface area contributed by atoms with Crippen molar-refractivity contribution in [2.75, 3.05) is 5.73 Å². The van der Waals surface area contributed by atoms with Crippen LogP contribution >= 0.6 is 0 Å². The molecule has 19 heavy (non-hydrogen) atoms. The molecule has 0 radical (unpaired) electrons. The Kier molecular flexibility index (Phi) is 2.89. The first kappa shape index (κ1) is 12.0. The zero-order chi connectivity index (χ0) is 13.4. The number of H-pyrrole nitrogens is 1. The molecule has 1 aromatic heterocycles. The third-order valence-electron chi connectivity index (χ3n) is 3.88. The topological polar surface area (TPSA) is 80.9 Å². The summed E-state index contributed by atoms with van der Waals surface area (Å²) < 4.78 is 1.25. The molecule has 1 aromatic carbocycles. The summed E-state index contributed by atoms with van der Waals surface area (Å²) in [6, 6.07) is 5.12. The minimum absolute atomic E-state index is 0.0353. The molecule has 1 heterocycles. The summed E-state index contributed by atoms with van der Waals surface area (Å²) in [5, 5.41) is 0. The molecule has 1 aliphatic rings. The van der Waals surface area contributed by atoms with E-state index in [0.717, 1.165) is 25.7 Å². The summed E-state index contributed by atoms with van der Waals surface area (Å²) in [7, 11) is 0. The summed E-state index contributed by atoms with van der Waals surface area (Å²) in [5.74, 6) is -0.131. The number of carbonyl (C=O) groups excluding carboxylic acids is 1. The van der Waals surface area contributed by atoms with Crippen molar-refractivity contribution < 1.29 is 4.79 Å². The van der Waals surface area contributed by atoms with Crippen molar-refractivity contribution in [3.05, 3.63) is 28.7 Å². The quantitative estimate of drug-likeness (QED) is 0.770. The highest BCUT2D eigenvalue weighted by atomic mass is 16.2. The Morgan fingerprint density at radius 2 is 2.00 bits per heavy atom. The van der Waals surface area contributed by atoms with E-state index in [9.17, 15) is 9.59 Å². The van der Waals surface area contributed by atoms with E-state index >= 15 is 0 Å². The highest BCUT2D eigenvalue weighted by Gasteiger charge is 2.25. The number of carbonyl (C=O) groups is 1. The van der Waals surface area contributed by atoms with Crippen LogP contribution in [-0.4, -0.2) is 15.5 Å². The predicted octanol–water partition coefficient (Wildman–Crippen LogP) is 2.13. The van der Waals surface area contributed by atoms with Gasteiger partial charge in [-0.1, -0.05) is 19.3 Å². The van der Waals surface area contributed by atoms with Crippen LogP contribution in [0.3, 0.4) is 0 Å². The summed E-state index contributed by atoms with van der Waals surface area (Å²) >= 11 is 0. The second-order valence-corrected chi connectivity index (χ2v) is 5.22. The molecule has 100 valence electrons. The number of aromatic amines is 1. The molecule has 1 fully saturated rings. The molecule has 0 bridgehead atoms. The monoisotopic (exact) mass is 259 g/mol. The van der Waals surface area contributed by atoms with Gasteiger partial charge >= 0.3 is 5.69 Å². The van der Waals surface area contributed by atoms with Crippen molar-refractivity contribution in [3.63, 3.8) is 0 Å². The van der Waals surface area contributed by atoms with E-state index in [-0.39, 0.29) is 17.5 Å². The summed E-state index contributed by atoms with van der Waals surface area (Å²) in [4.78, 5) is 27.2. The maximum atomic E-state index is 12.5. The number of hydrogen-bond donors (Lipinski definition) is 2. The minimum atomic E-state index is -0.365. The second kappa shape index (κ2) is 4.57. The SMILES string of the molecule is Nc1ccc2[nH]c(=O)n(C(=O)C3CCCCC3)c2c1. The zero-order valence-corrected chi connectivity index (χ0v) is 10.7. The van der Waals surface area contributed by atoms with Crippen LogP contribution in [0.2, 0.25) is 0 Å². The van der Waals surface area contributed by atoms with Gasteiger partial charge in [0.2, 0.25) is 5.91 Å². The van der Waals surface area contributed by atoms with Gasteiger partial charge in [0, 0.05) is 11.6 Å². The number of nitrogens with zero attached hydrogens (tertiary/aromatic N) is 1. The second-order valence-electron chi connectivity index (χ2n) is 5.22. The Hall–Kier alpha value is -2.04. The van der Waals surface area contributed by atoms with Crippen molar-refractivity contribution in [1.29, 1.82) is 0 Å². The first-order valence-electron chi connectivity index (χ1n) is 6.71. The molecular weight excluding hydrogens is 242 g/mol. The number of fused-ring (bicyclic) bond motifs is 1. The highest BCUT2D eigenvalue weighted by Crippen LogP contribution is 2.26. The standard InChI is InChI=1S/C14H17N3O2/c15-10-6-7-11-12(8-10)17(14(19)16-11)13(18)9-4-2-1-3-5-9/h6-9H,1-5,15H2,(H,16,19). The molecule has 0 aliphatic heterocycles. The van der Waals surface area contributed by atoms with Gasteiger partial charge < -0.3 is 10.7 Å². The lowest BCUT2D eigenvalue weighted by Gasteiger charge is -2.20. The summed E-state index contributed by atoms with van der Waals surface area (Å²) in [5.41, 5.74) is 7.17. The van der Waals surface area contributed by atoms with Crippen LogP contribution in [0.4, 0.5) is 5.69 Å². The Morgan fingerprint density at radius 1 is 1.26 bits per heavy atom. The molecule has 3 rings (SSSR count). The van der Waals surface area contributed by atoms with Gasteiger partial charge in [0.05, 0.1) is 11.0 Å². The fourth-order valence-electron chi connectivity index (χ4n) is 2.87. The van der Waals surface area contributed by atoms with Crippen LogP contribution in [0.5, 0.6) is 0 Å². The molecule has 1 saturated carbocycles. The Bertz CT molecular complexity index is 678. The van der Waals surface area contributed by atoms with Gasteiger partial charge in [-0.05, 0) is 31.0 Å². The number of nitrogens with two attached hydrogens (primary N) is 1. The number of benzene rings is 1. The molecule has 0 atom stereocenters. The summed E-state index contributed by atoms with van der Waals surface area (Å²) in [6.45, 7) is 0. The number of hydrogen-bond acceptors (Lipinski definition) is 3. The van der Waals surface area contributed by atoms with Crippen molar-refractivity contribution in [2.24, 2.45) is 5.92 Å². The van der Waals surface area contributed by atoms with Gasteiger partial charge in [-0.2, -0.15) is 0 Å². The van der Waals surface area contributed by atoms with Crippen LogP contribution < -0.4 is 11.4 Å². The van der Waals surface area contributed by atoms with Gasteiger partial charge in [0.25, 0.3) is 0 Å². The first-order chi connectivity index (χ1) is 9.16. The maximum absolute atomic E-state index is 12.5. The van der Waals surface area contributed by atoms with Gasteiger partial charge in [-0.3, -0.25) is 4.79 Å². The van der Waals surface area contributed by atoms with E-state index in [0.29, 0.717) is 16.7 Å². The van der Waals surface area contributed by atoms with Crippen molar-refractivity contribution in [3.8, 4) is 0 Å². The fourth-order valence-corrected chi connectivity index (χ4v) is 2.87. The van der Waals surface area contributed by atoms with E-state index in [1.807, 2.05) is 0 Å². The Labute approximate surface area is 110 Å². The molecule has 0 spiro atoms. The molecule has 0 unspecified atom stereocenters. The molecule has 0 amide bonds. The third kappa shape index (κ3) is 2.05. The number of aromatic nitrogens is 2. The molecule has 3 N–H and O–H groups in total. The van der Waals surface area contributed by atoms with Gasteiger partial charge in [0.15, 0.2) is 0 Å². The van der Waals surface area contributed by atoms with Crippen molar-refractivity contribution in [1.82, 2.24) is 9.55 Å². The molecule has 5 heteroatoms. The Balaban J connectivity index is 2.08. The van der Waals surface area contributed by atoms with E-state index in [4.69, 9.17) is 5.73 Å². The Morgan fingerprint density at radius 3 is 2.74 bits per heavy atom. The zero-order valence-electron chi connectivity index (χ0n) is 10.7. The number of imidazole rings is 1. The van der Waals surface area contributed by atoms with Crippen molar-refractivity contribution in [2.45, 2.75) is 32.1 Å². The number of nitrogen functional groups attached to an aromatic ring is 1. The summed E-state index contributed by atoms with van der Waals surface area (Å²) in [6.07, 6.45) is 5.06. The third-order valence-corrected chi connectivity index (χ3v) is 3.88. The number of nitrogens with one attached hydrogen (secondary N) is 1. The lowest BCUT2D eigenvalue weighted by Crippen LogP contribution is -2.31. The number of rotatable bonds is 1.